The monoisotopic (exact) mass is 172 g/mol. The average Bonchev–Trinajstić information content (AvgIpc) is 2.19. The van der Waals surface area contributed by atoms with Gasteiger partial charge < -0.3 is 4.74 Å². The van der Waals surface area contributed by atoms with E-state index < -0.39 is 0 Å². The van der Waals surface area contributed by atoms with E-state index >= 15 is 0 Å². The summed E-state index contributed by atoms with van der Waals surface area (Å²) in [6.45, 7) is 0. The summed E-state index contributed by atoms with van der Waals surface area (Å²) in [5, 5.41) is 0. The van der Waals surface area contributed by atoms with Gasteiger partial charge in [-0.1, -0.05) is 18.2 Å². The summed E-state index contributed by atoms with van der Waals surface area (Å²) in [6.07, 6.45) is 3.98. The first-order chi connectivity index (χ1) is 6.36. The number of hydrogen-bond acceptors (Lipinski definition) is 1. The second-order valence-corrected chi connectivity index (χ2v) is 2.81. The highest BCUT2D eigenvalue weighted by atomic mass is 16.5. The second-order valence-electron chi connectivity index (χ2n) is 2.81. The molecule has 0 fully saturated rings. The molecule has 1 aromatic rings. The Labute approximate surface area is 80.8 Å². The largest absolute Gasteiger partial charge is 0.497 e. The normalized spacial score (nSPS) is 10.5. The highest BCUT2D eigenvalue weighted by Gasteiger charge is 1.92. The van der Waals surface area contributed by atoms with Crippen molar-refractivity contribution < 1.29 is 4.74 Å². The van der Waals surface area contributed by atoms with Gasteiger partial charge in [-0.3, -0.25) is 0 Å². The van der Waals surface area contributed by atoms with Crippen LogP contribution in [0.1, 0.15) is 12.0 Å². The van der Waals surface area contributed by atoms with Crippen molar-refractivity contribution >= 4 is 7.85 Å². The number of benzene rings is 1. The van der Waals surface area contributed by atoms with E-state index in [-0.39, 0.29) is 0 Å². The van der Waals surface area contributed by atoms with Crippen molar-refractivity contribution in [2.24, 2.45) is 0 Å². The van der Waals surface area contributed by atoms with Gasteiger partial charge in [0.25, 0.3) is 0 Å². The summed E-state index contributed by atoms with van der Waals surface area (Å²) in [5.74, 6) is 2.49. The van der Waals surface area contributed by atoms with Crippen LogP contribution >= 0.6 is 0 Å². The maximum absolute atomic E-state index is 5.24. The molecule has 0 N–H and O–H groups in total. The minimum Gasteiger partial charge on any atom is -0.497 e. The van der Waals surface area contributed by atoms with Gasteiger partial charge in [-0.25, -0.2) is 0 Å². The fraction of sp³-hybridized carbons (Fsp3) is 0.273. The maximum atomic E-state index is 5.24. The molecule has 0 bridgehead atoms. The molecule has 1 aromatic carbocycles. The van der Waals surface area contributed by atoms with E-state index in [9.17, 15) is 0 Å². The number of methoxy groups -OCH3 is 1. The van der Waals surface area contributed by atoms with Gasteiger partial charge in [0.1, 0.15) is 13.6 Å². The minimum atomic E-state index is 0.901. The van der Waals surface area contributed by atoms with Crippen LogP contribution in [-0.2, 0) is 6.42 Å². The van der Waals surface area contributed by atoms with Crippen LogP contribution in [0.25, 0.3) is 0 Å². The van der Waals surface area contributed by atoms with Gasteiger partial charge in [-0.2, -0.15) is 0 Å². The molecule has 0 aliphatic heterocycles. The lowest BCUT2D eigenvalue weighted by Crippen LogP contribution is -1.85. The summed E-state index contributed by atoms with van der Waals surface area (Å²) in [5.41, 5.74) is 1.30. The standard InChI is InChI=1S/C11H13BO/c1-13-11-7-5-10(6-8-11)4-2-3-9-12/h3,5-9H,2,4H2,1H3/b9-3+. The molecule has 0 amide bonds. The summed E-state index contributed by atoms with van der Waals surface area (Å²) >= 11 is 0. The predicted molar refractivity (Wildman–Crippen MR) is 56.2 cm³/mol. The zero-order valence-corrected chi connectivity index (χ0v) is 7.86. The van der Waals surface area contributed by atoms with Crippen molar-refractivity contribution in [1.82, 2.24) is 0 Å². The molecule has 0 saturated carbocycles. The lowest BCUT2D eigenvalue weighted by molar-refractivity contribution is 0.414. The van der Waals surface area contributed by atoms with Crippen LogP contribution in [0.5, 0.6) is 5.75 Å². The smallest absolute Gasteiger partial charge is 0.118 e. The number of aryl methyl sites for hydroxylation is 1. The van der Waals surface area contributed by atoms with Crippen LogP contribution in [-0.4, -0.2) is 15.0 Å². The third-order valence-electron chi connectivity index (χ3n) is 1.89. The molecule has 1 nitrogen and oxygen atoms in total. The maximum Gasteiger partial charge on any atom is 0.118 e. The van der Waals surface area contributed by atoms with Crippen LogP contribution in [0.3, 0.4) is 0 Å². The first-order valence-corrected chi connectivity index (χ1v) is 4.36. The number of ether oxygens (including phenoxy) is 1. The van der Waals surface area contributed by atoms with E-state index in [0.29, 0.717) is 0 Å². The van der Waals surface area contributed by atoms with E-state index in [4.69, 9.17) is 12.6 Å². The Hall–Kier alpha value is -1.18. The highest BCUT2D eigenvalue weighted by Crippen LogP contribution is 2.12. The fourth-order valence-electron chi connectivity index (χ4n) is 1.14. The first kappa shape index (κ1) is 9.91. The van der Waals surface area contributed by atoms with Crippen molar-refractivity contribution in [2.45, 2.75) is 12.8 Å². The van der Waals surface area contributed by atoms with Gasteiger partial charge in [0.15, 0.2) is 0 Å². The van der Waals surface area contributed by atoms with Crippen molar-refractivity contribution in [3.63, 3.8) is 0 Å². The topological polar surface area (TPSA) is 9.23 Å². The highest BCUT2D eigenvalue weighted by molar-refractivity contribution is 6.16. The summed E-state index contributed by atoms with van der Waals surface area (Å²) < 4.78 is 5.06. The number of rotatable bonds is 4. The first-order valence-electron chi connectivity index (χ1n) is 4.36. The fourth-order valence-corrected chi connectivity index (χ4v) is 1.14. The van der Waals surface area contributed by atoms with E-state index in [1.165, 1.54) is 5.56 Å². The zero-order valence-electron chi connectivity index (χ0n) is 7.86. The van der Waals surface area contributed by atoms with Crippen LogP contribution < -0.4 is 4.74 Å². The third-order valence-corrected chi connectivity index (χ3v) is 1.89. The molecule has 2 heteroatoms. The number of hydrogen-bond donors (Lipinski definition) is 0. The molecular weight excluding hydrogens is 159 g/mol. The average molecular weight is 172 g/mol. The molecule has 1 rings (SSSR count). The van der Waals surface area contributed by atoms with Crippen molar-refractivity contribution in [3.8, 4) is 5.75 Å². The second kappa shape index (κ2) is 5.47. The predicted octanol–water partition coefficient (Wildman–Crippen LogP) is 2.31. The van der Waals surface area contributed by atoms with Crippen LogP contribution in [0.2, 0.25) is 0 Å². The summed E-state index contributed by atoms with van der Waals surface area (Å²) in [7, 11) is 6.91. The van der Waals surface area contributed by atoms with Crippen LogP contribution in [0.15, 0.2) is 36.3 Å². The Kier molecular flexibility index (Phi) is 4.17. The number of allylic oxidation sites excluding steroid dienone is 1. The Morgan fingerprint density at radius 1 is 1.31 bits per heavy atom. The molecule has 0 aliphatic carbocycles. The molecule has 66 valence electrons. The van der Waals surface area contributed by atoms with E-state index in [1.54, 1.807) is 13.1 Å². The molecule has 0 spiro atoms. The molecule has 2 radical (unpaired) electrons. The van der Waals surface area contributed by atoms with E-state index in [1.807, 2.05) is 18.2 Å². The molecular formula is C11H13BO. The van der Waals surface area contributed by atoms with E-state index in [2.05, 4.69) is 12.1 Å². The lowest BCUT2D eigenvalue weighted by Gasteiger charge is -2.01. The molecule has 0 heterocycles. The van der Waals surface area contributed by atoms with Crippen LogP contribution in [0.4, 0.5) is 0 Å². The van der Waals surface area contributed by atoms with Crippen molar-refractivity contribution in [3.05, 3.63) is 41.9 Å². The van der Waals surface area contributed by atoms with Gasteiger partial charge >= 0.3 is 0 Å². The van der Waals surface area contributed by atoms with Gasteiger partial charge in [-0.15, -0.1) is 5.98 Å². The Bertz CT molecular complexity index is 264. The molecule has 0 aliphatic rings. The Morgan fingerprint density at radius 3 is 2.54 bits per heavy atom. The van der Waals surface area contributed by atoms with Gasteiger partial charge in [0, 0.05) is 0 Å². The Morgan fingerprint density at radius 2 is 2.00 bits per heavy atom. The lowest BCUT2D eigenvalue weighted by atomic mass is 10.1. The zero-order chi connectivity index (χ0) is 9.52. The SMILES string of the molecule is [B]/C=C/CCc1ccc(OC)cc1. The minimum absolute atomic E-state index is 0.901. The summed E-state index contributed by atoms with van der Waals surface area (Å²) in [4.78, 5) is 0. The third kappa shape index (κ3) is 3.37. The molecule has 0 aromatic heterocycles. The van der Waals surface area contributed by atoms with Gasteiger partial charge in [0.2, 0.25) is 0 Å². The Balaban J connectivity index is 2.49. The van der Waals surface area contributed by atoms with Gasteiger partial charge in [-0.05, 0) is 30.5 Å². The van der Waals surface area contributed by atoms with E-state index in [0.717, 1.165) is 18.6 Å². The van der Waals surface area contributed by atoms with Crippen LogP contribution in [0, 0.1) is 0 Å². The summed E-state index contributed by atoms with van der Waals surface area (Å²) in [6, 6.07) is 8.09. The quantitative estimate of drug-likeness (QED) is 0.633. The van der Waals surface area contributed by atoms with Gasteiger partial charge in [0.05, 0.1) is 7.11 Å². The molecule has 13 heavy (non-hydrogen) atoms. The molecule has 0 unspecified atom stereocenters. The molecule has 0 atom stereocenters. The van der Waals surface area contributed by atoms with Crippen molar-refractivity contribution in [1.29, 1.82) is 0 Å². The van der Waals surface area contributed by atoms with Crippen molar-refractivity contribution in [2.75, 3.05) is 7.11 Å². The molecule has 0 saturated heterocycles.